The number of hydrogen-bond acceptors (Lipinski definition) is 7. The third kappa shape index (κ3) is 9.22. The summed E-state index contributed by atoms with van der Waals surface area (Å²) in [5, 5.41) is 29.2. The first kappa shape index (κ1) is 28.0. The highest BCUT2D eigenvalue weighted by molar-refractivity contribution is 5.99. The topological polar surface area (TPSA) is 197 Å². The van der Waals surface area contributed by atoms with Gasteiger partial charge in [0.25, 0.3) is 5.69 Å². The minimum absolute atomic E-state index is 0.136. The first-order valence-corrected chi connectivity index (χ1v) is 10.5. The predicted octanol–water partition coefficient (Wildman–Crippen LogP) is 0.548. The van der Waals surface area contributed by atoms with Gasteiger partial charge in [0.05, 0.1) is 11.3 Å². The van der Waals surface area contributed by atoms with E-state index < -0.39 is 52.6 Å². The number of nitro groups is 1. The van der Waals surface area contributed by atoms with Crippen LogP contribution in [-0.4, -0.2) is 57.8 Å². The van der Waals surface area contributed by atoms with Gasteiger partial charge in [0.1, 0.15) is 18.1 Å². The lowest BCUT2D eigenvalue weighted by Crippen LogP contribution is -2.55. The molecule has 0 heterocycles. The third-order valence-electron chi connectivity index (χ3n) is 4.68. The first-order chi connectivity index (χ1) is 15.8. The molecule has 186 valence electrons. The summed E-state index contributed by atoms with van der Waals surface area (Å²) in [6, 6.07) is 2.18. The lowest BCUT2D eigenvalue weighted by atomic mass is 10.0. The lowest BCUT2D eigenvalue weighted by molar-refractivity contribution is -0.384. The molecule has 13 heteroatoms. The van der Waals surface area contributed by atoms with Crippen LogP contribution in [0, 0.1) is 16.0 Å². The van der Waals surface area contributed by atoms with E-state index in [9.17, 15) is 34.1 Å². The van der Waals surface area contributed by atoms with Crippen molar-refractivity contribution in [2.75, 3.05) is 5.32 Å². The summed E-state index contributed by atoms with van der Waals surface area (Å²) in [6.45, 7) is 6.20. The molecule has 0 radical (unpaired) electrons. The van der Waals surface area contributed by atoms with Crippen molar-refractivity contribution < 1.29 is 34.0 Å². The van der Waals surface area contributed by atoms with Gasteiger partial charge in [-0.05, 0) is 31.9 Å². The number of carboxylic acids is 1. The number of amides is 4. The number of hydrogen-bond donors (Lipinski definition) is 5. The molecule has 0 aliphatic carbocycles. The number of nitrogens with one attached hydrogen (secondary N) is 4. The molecule has 0 bridgehead atoms. The predicted molar refractivity (Wildman–Crippen MR) is 121 cm³/mol. The summed E-state index contributed by atoms with van der Waals surface area (Å²) in [4.78, 5) is 69.8. The summed E-state index contributed by atoms with van der Waals surface area (Å²) >= 11 is 0. The van der Waals surface area contributed by atoms with Gasteiger partial charge in [0.2, 0.25) is 23.6 Å². The maximum atomic E-state index is 12.7. The van der Waals surface area contributed by atoms with Crippen LogP contribution in [0.2, 0.25) is 0 Å². The quantitative estimate of drug-likeness (QED) is 0.211. The van der Waals surface area contributed by atoms with Crippen LogP contribution in [0.15, 0.2) is 24.3 Å². The molecule has 0 saturated heterocycles. The number of carbonyl (C=O) groups is 5. The summed E-state index contributed by atoms with van der Waals surface area (Å²) in [6.07, 6.45) is -0.666. The molecule has 0 fully saturated rings. The highest BCUT2D eigenvalue weighted by Gasteiger charge is 2.28. The van der Waals surface area contributed by atoms with Crippen molar-refractivity contribution in [3.05, 3.63) is 34.4 Å². The van der Waals surface area contributed by atoms with E-state index >= 15 is 0 Å². The lowest BCUT2D eigenvalue weighted by Gasteiger charge is -2.24. The Morgan fingerprint density at radius 1 is 0.853 bits per heavy atom. The largest absolute Gasteiger partial charge is 0.481 e. The van der Waals surface area contributed by atoms with Gasteiger partial charge < -0.3 is 26.4 Å². The zero-order chi connectivity index (χ0) is 26.0. The van der Waals surface area contributed by atoms with Gasteiger partial charge in [0, 0.05) is 24.2 Å². The van der Waals surface area contributed by atoms with Crippen molar-refractivity contribution in [1.29, 1.82) is 0 Å². The maximum absolute atomic E-state index is 12.7. The average Bonchev–Trinajstić information content (AvgIpc) is 2.75. The number of benzene rings is 1. The van der Waals surface area contributed by atoms with Crippen LogP contribution in [-0.2, 0) is 24.0 Å². The van der Waals surface area contributed by atoms with E-state index in [0.717, 1.165) is 0 Å². The van der Waals surface area contributed by atoms with Crippen LogP contribution in [0.25, 0.3) is 0 Å². The second-order valence-electron chi connectivity index (χ2n) is 7.94. The van der Waals surface area contributed by atoms with Crippen LogP contribution in [0.4, 0.5) is 11.4 Å². The zero-order valence-corrected chi connectivity index (χ0v) is 19.3. The van der Waals surface area contributed by atoms with Crippen molar-refractivity contribution in [1.82, 2.24) is 16.0 Å². The van der Waals surface area contributed by atoms with E-state index in [0.29, 0.717) is 5.69 Å². The molecule has 1 aromatic carbocycles. The van der Waals surface area contributed by atoms with Crippen LogP contribution < -0.4 is 21.3 Å². The molecule has 4 amide bonds. The first-order valence-electron chi connectivity index (χ1n) is 10.5. The molecule has 1 aromatic rings. The maximum Gasteiger partial charge on any atom is 0.303 e. The molecule has 0 aromatic heterocycles. The summed E-state index contributed by atoms with van der Waals surface area (Å²) in [5.41, 5.74) is 0.174. The Morgan fingerprint density at radius 2 is 1.38 bits per heavy atom. The molecule has 13 nitrogen and oxygen atoms in total. The molecule has 0 spiro atoms. The van der Waals surface area contributed by atoms with Crippen molar-refractivity contribution in [3.8, 4) is 0 Å². The van der Waals surface area contributed by atoms with Crippen LogP contribution in [0.1, 0.15) is 40.5 Å². The van der Waals surface area contributed by atoms with Crippen molar-refractivity contribution in [2.24, 2.45) is 5.92 Å². The van der Waals surface area contributed by atoms with E-state index in [1.54, 1.807) is 13.8 Å². The van der Waals surface area contributed by atoms with E-state index in [2.05, 4.69) is 21.3 Å². The van der Waals surface area contributed by atoms with E-state index in [1.165, 1.54) is 38.1 Å². The van der Waals surface area contributed by atoms with Gasteiger partial charge in [-0.15, -0.1) is 0 Å². The Morgan fingerprint density at radius 3 is 1.88 bits per heavy atom. The molecular weight excluding hydrogens is 450 g/mol. The number of carboxylic acid groups (broad SMARTS) is 1. The molecular formula is C21H29N5O8. The molecule has 1 rings (SSSR count). The smallest absolute Gasteiger partial charge is 0.303 e. The second-order valence-corrected chi connectivity index (χ2v) is 7.94. The van der Waals surface area contributed by atoms with Gasteiger partial charge in [-0.1, -0.05) is 13.8 Å². The summed E-state index contributed by atoms with van der Waals surface area (Å²) < 4.78 is 0. The number of nitro benzene ring substituents is 1. The molecule has 3 atom stereocenters. The van der Waals surface area contributed by atoms with Gasteiger partial charge in [-0.2, -0.15) is 0 Å². The van der Waals surface area contributed by atoms with E-state index in [-0.39, 0.29) is 24.4 Å². The summed E-state index contributed by atoms with van der Waals surface area (Å²) in [5.74, 6) is -3.94. The minimum Gasteiger partial charge on any atom is -0.481 e. The van der Waals surface area contributed by atoms with Crippen LogP contribution in [0.5, 0.6) is 0 Å². The van der Waals surface area contributed by atoms with Gasteiger partial charge in [-0.3, -0.25) is 34.1 Å². The SMILES string of the molecule is CC(C)[C@H](NC(=O)[C@@H](C)NC(=O)[C@H](C)NC(=O)CCC(=O)O)C(=O)Nc1ccc([N+](=O)[O-])cc1. The van der Waals surface area contributed by atoms with Gasteiger partial charge in [0.15, 0.2) is 0 Å². The molecule has 34 heavy (non-hydrogen) atoms. The molecule has 5 N–H and O–H groups in total. The van der Waals surface area contributed by atoms with Gasteiger partial charge in [-0.25, -0.2) is 0 Å². The number of rotatable bonds is 12. The highest BCUT2D eigenvalue weighted by atomic mass is 16.6. The Hall–Kier alpha value is -4.03. The van der Waals surface area contributed by atoms with Crippen molar-refractivity contribution in [2.45, 2.75) is 58.7 Å². The number of anilines is 1. The minimum atomic E-state index is -1.14. The fourth-order valence-corrected chi connectivity index (χ4v) is 2.70. The van der Waals surface area contributed by atoms with Crippen molar-refractivity contribution in [3.63, 3.8) is 0 Å². The Bertz CT molecular complexity index is 932. The number of non-ortho nitro benzene ring substituents is 1. The monoisotopic (exact) mass is 479 g/mol. The van der Waals surface area contributed by atoms with E-state index in [1.807, 2.05) is 0 Å². The fourth-order valence-electron chi connectivity index (χ4n) is 2.70. The highest BCUT2D eigenvalue weighted by Crippen LogP contribution is 2.16. The fraction of sp³-hybridized carbons (Fsp3) is 0.476. The summed E-state index contributed by atoms with van der Waals surface area (Å²) in [7, 11) is 0. The normalized spacial score (nSPS) is 13.2. The Kier molecular flexibility index (Phi) is 10.6. The molecule has 0 aliphatic heterocycles. The third-order valence-corrected chi connectivity index (χ3v) is 4.68. The standard InChI is InChI=1S/C21H29N5O8/c1-11(2)18(21(32)24-14-5-7-15(8-6-14)26(33)34)25-20(31)13(4)23-19(30)12(3)22-16(27)9-10-17(28)29/h5-8,11-13,18H,9-10H2,1-4H3,(H,22,27)(H,23,30)(H,24,32)(H,25,31)(H,28,29)/t12-,13+,18-/m0/s1. The Labute approximate surface area is 195 Å². The van der Waals surface area contributed by atoms with Crippen LogP contribution in [0.3, 0.4) is 0 Å². The zero-order valence-electron chi connectivity index (χ0n) is 19.3. The van der Waals surface area contributed by atoms with Crippen LogP contribution >= 0.6 is 0 Å². The molecule has 0 unspecified atom stereocenters. The number of nitrogens with zero attached hydrogens (tertiary/aromatic N) is 1. The number of carbonyl (C=O) groups excluding carboxylic acids is 4. The number of aliphatic carboxylic acids is 1. The Balaban J connectivity index is 2.67. The molecule has 0 aliphatic rings. The second kappa shape index (κ2) is 12.9. The van der Waals surface area contributed by atoms with Gasteiger partial charge >= 0.3 is 5.97 Å². The van der Waals surface area contributed by atoms with E-state index in [4.69, 9.17) is 5.11 Å². The average molecular weight is 479 g/mol. The van der Waals surface area contributed by atoms with Crippen molar-refractivity contribution >= 4 is 41.0 Å². The molecule has 0 saturated carbocycles.